The van der Waals surface area contributed by atoms with Crippen molar-refractivity contribution in [2.75, 3.05) is 20.3 Å². The van der Waals surface area contributed by atoms with Gasteiger partial charge in [0.1, 0.15) is 12.4 Å². The van der Waals surface area contributed by atoms with E-state index in [9.17, 15) is 0 Å². The number of hydrogen-bond acceptors (Lipinski definition) is 3. The molecule has 3 nitrogen and oxygen atoms in total. The largest absolute Gasteiger partial charge is 0.489 e. The highest BCUT2D eigenvalue weighted by Gasteiger charge is 2.06. The summed E-state index contributed by atoms with van der Waals surface area (Å²) in [5, 5.41) is 4.61. The second-order valence-electron chi connectivity index (χ2n) is 5.16. The van der Waals surface area contributed by atoms with Crippen molar-refractivity contribution < 1.29 is 9.47 Å². The molecule has 2 aromatic carbocycles. The number of hydrogen-bond donors (Lipinski definition) is 1. The van der Waals surface area contributed by atoms with Crippen LogP contribution in [0.2, 0.25) is 10.0 Å². The summed E-state index contributed by atoms with van der Waals surface area (Å²) in [5.41, 5.74) is 2.02. The number of rotatable bonds is 9. The second-order valence-corrected chi connectivity index (χ2v) is 5.97. The lowest BCUT2D eigenvalue weighted by atomic mass is 10.2. The van der Waals surface area contributed by atoms with Crippen LogP contribution >= 0.6 is 23.2 Å². The van der Waals surface area contributed by atoms with Crippen LogP contribution in [0, 0.1) is 0 Å². The van der Waals surface area contributed by atoms with Gasteiger partial charge in [-0.3, -0.25) is 0 Å². The smallest absolute Gasteiger partial charge is 0.119 e. The molecule has 0 bridgehead atoms. The van der Waals surface area contributed by atoms with Crippen molar-refractivity contribution in [2.24, 2.45) is 0 Å². The van der Waals surface area contributed by atoms with Crippen molar-refractivity contribution in [3.63, 3.8) is 0 Å². The highest BCUT2D eigenvalue weighted by Crippen LogP contribution is 2.25. The Morgan fingerprint density at radius 2 is 1.70 bits per heavy atom. The maximum atomic E-state index is 6.13. The topological polar surface area (TPSA) is 30.5 Å². The standard InChI is InChI=1S/C18H21Cl2NO2/c1-22-11-3-10-21-12-14-6-8-15(9-7-14)23-13-16-17(19)4-2-5-18(16)20/h2,4-9,21H,3,10-13H2,1H3. The van der Waals surface area contributed by atoms with E-state index in [2.05, 4.69) is 5.32 Å². The van der Waals surface area contributed by atoms with E-state index in [1.807, 2.05) is 42.5 Å². The van der Waals surface area contributed by atoms with Gasteiger partial charge in [0.05, 0.1) is 0 Å². The van der Waals surface area contributed by atoms with Crippen LogP contribution < -0.4 is 10.1 Å². The second kappa shape index (κ2) is 9.78. The van der Waals surface area contributed by atoms with Crippen LogP contribution in [0.25, 0.3) is 0 Å². The van der Waals surface area contributed by atoms with Gasteiger partial charge in [0.25, 0.3) is 0 Å². The van der Waals surface area contributed by atoms with Gasteiger partial charge in [-0.2, -0.15) is 0 Å². The fraction of sp³-hybridized carbons (Fsp3) is 0.333. The molecule has 2 rings (SSSR count). The lowest BCUT2D eigenvalue weighted by Gasteiger charge is -2.10. The minimum Gasteiger partial charge on any atom is -0.489 e. The fourth-order valence-electron chi connectivity index (χ4n) is 2.10. The molecule has 0 radical (unpaired) electrons. The van der Waals surface area contributed by atoms with Gasteiger partial charge in [-0.25, -0.2) is 0 Å². The Labute approximate surface area is 147 Å². The molecule has 0 fully saturated rings. The molecule has 23 heavy (non-hydrogen) atoms. The highest BCUT2D eigenvalue weighted by atomic mass is 35.5. The zero-order chi connectivity index (χ0) is 16.5. The van der Waals surface area contributed by atoms with Gasteiger partial charge in [-0.1, -0.05) is 41.4 Å². The van der Waals surface area contributed by atoms with Crippen LogP contribution in [-0.2, 0) is 17.9 Å². The van der Waals surface area contributed by atoms with Crippen LogP contribution in [0.15, 0.2) is 42.5 Å². The predicted octanol–water partition coefficient (Wildman–Crippen LogP) is 4.70. The summed E-state index contributed by atoms with van der Waals surface area (Å²) in [4.78, 5) is 0. The van der Waals surface area contributed by atoms with Gasteiger partial charge in [0.15, 0.2) is 0 Å². The number of halogens is 2. The van der Waals surface area contributed by atoms with E-state index in [1.165, 1.54) is 5.56 Å². The molecule has 0 saturated heterocycles. The molecule has 0 aliphatic carbocycles. The summed E-state index contributed by atoms with van der Waals surface area (Å²) < 4.78 is 10.8. The first-order valence-corrected chi connectivity index (χ1v) is 8.30. The molecule has 1 N–H and O–H groups in total. The zero-order valence-electron chi connectivity index (χ0n) is 13.1. The fourth-order valence-corrected chi connectivity index (χ4v) is 2.61. The summed E-state index contributed by atoms with van der Waals surface area (Å²) in [6, 6.07) is 13.4. The Hall–Kier alpha value is -1.26. The summed E-state index contributed by atoms with van der Waals surface area (Å²) in [7, 11) is 1.72. The summed E-state index contributed by atoms with van der Waals surface area (Å²) in [5.74, 6) is 0.795. The predicted molar refractivity (Wildman–Crippen MR) is 95.4 cm³/mol. The lowest BCUT2D eigenvalue weighted by molar-refractivity contribution is 0.194. The average molecular weight is 354 g/mol. The minimum atomic E-state index is 0.354. The van der Waals surface area contributed by atoms with Gasteiger partial charge in [-0.15, -0.1) is 0 Å². The maximum Gasteiger partial charge on any atom is 0.119 e. The van der Waals surface area contributed by atoms with Crippen LogP contribution in [-0.4, -0.2) is 20.3 Å². The molecular formula is C18H21Cl2NO2. The van der Waals surface area contributed by atoms with Crippen molar-refractivity contribution in [1.82, 2.24) is 5.32 Å². The molecular weight excluding hydrogens is 333 g/mol. The Kier molecular flexibility index (Phi) is 7.69. The van der Waals surface area contributed by atoms with Crippen LogP contribution in [0.5, 0.6) is 5.75 Å². The number of methoxy groups -OCH3 is 1. The molecule has 5 heteroatoms. The van der Waals surface area contributed by atoms with Crippen LogP contribution in [0.3, 0.4) is 0 Å². The van der Waals surface area contributed by atoms with Gasteiger partial charge in [0, 0.05) is 35.9 Å². The first-order chi connectivity index (χ1) is 11.2. The third kappa shape index (κ3) is 6.04. The van der Waals surface area contributed by atoms with E-state index in [1.54, 1.807) is 7.11 Å². The number of nitrogens with one attached hydrogen (secondary N) is 1. The van der Waals surface area contributed by atoms with Gasteiger partial charge in [-0.05, 0) is 42.8 Å². The third-order valence-corrected chi connectivity index (χ3v) is 4.11. The molecule has 0 aliphatic heterocycles. The summed E-state index contributed by atoms with van der Waals surface area (Å²) in [6.07, 6.45) is 1.01. The molecule has 0 saturated carbocycles. The number of benzene rings is 2. The van der Waals surface area contributed by atoms with Crippen molar-refractivity contribution in [3.05, 3.63) is 63.6 Å². The van der Waals surface area contributed by atoms with Crippen LogP contribution in [0.1, 0.15) is 17.5 Å². The average Bonchev–Trinajstić information content (AvgIpc) is 2.55. The van der Waals surface area contributed by atoms with Crippen molar-refractivity contribution in [3.8, 4) is 5.75 Å². The van der Waals surface area contributed by atoms with E-state index in [-0.39, 0.29) is 0 Å². The van der Waals surface area contributed by atoms with Crippen LogP contribution in [0.4, 0.5) is 0 Å². The van der Waals surface area contributed by atoms with Gasteiger partial charge >= 0.3 is 0 Å². The van der Waals surface area contributed by atoms with Crippen molar-refractivity contribution in [2.45, 2.75) is 19.6 Å². The Balaban J connectivity index is 1.81. The van der Waals surface area contributed by atoms with E-state index >= 15 is 0 Å². The Morgan fingerprint density at radius 3 is 2.35 bits per heavy atom. The normalized spacial score (nSPS) is 10.7. The van der Waals surface area contributed by atoms with Crippen molar-refractivity contribution >= 4 is 23.2 Å². The minimum absolute atomic E-state index is 0.354. The molecule has 124 valence electrons. The first kappa shape index (κ1) is 18.1. The van der Waals surface area contributed by atoms with Crippen molar-refractivity contribution in [1.29, 1.82) is 0 Å². The molecule has 0 aromatic heterocycles. The molecule has 0 spiro atoms. The SMILES string of the molecule is COCCCNCc1ccc(OCc2c(Cl)cccc2Cl)cc1. The molecule has 0 atom stereocenters. The molecule has 0 unspecified atom stereocenters. The molecule has 0 amide bonds. The van der Waals surface area contributed by atoms with E-state index < -0.39 is 0 Å². The Morgan fingerprint density at radius 1 is 1.00 bits per heavy atom. The molecule has 0 aliphatic rings. The maximum absolute atomic E-state index is 6.13. The van der Waals surface area contributed by atoms with E-state index in [0.29, 0.717) is 16.7 Å². The third-order valence-electron chi connectivity index (χ3n) is 3.40. The van der Waals surface area contributed by atoms with Gasteiger partial charge in [0.2, 0.25) is 0 Å². The van der Waals surface area contributed by atoms with E-state index in [4.69, 9.17) is 32.7 Å². The summed E-state index contributed by atoms with van der Waals surface area (Å²) >= 11 is 12.3. The molecule has 0 heterocycles. The first-order valence-electron chi connectivity index (χ1n) is 7.55. The zero-order valence-corrected chi connectivity index (χ0v) is 14.7. The lowest BCUT2D eigenvalue weighted by Crippen LogP contribution is -2.15. The molecule has 2 aromatic rings. The van der Waals surface area contributed by atoms with Gasteiger partial charge < -0.3 is 14.8 Å². The highest BCUT2D eigenvalue weighted by molar-refractivity contribution is 6.35. The quantitative estimate of drug-likeness (QED) is 0.662. The van der Waals surface area contributed by atoms with E-state index in [0.717, 1.165) is 37.4 Å². The monoisotopic (exact) mass is 353 g/mol. The Bertz CT molecular complexity index is 582. The number of ether oxygens (including phenoxy) is 2. The summed E-state index contributed by atoms with van der Waals surface area (Å²) in [6.45, 7) is 2.91.